The molecule has 2 aromatic heterocycles. The largest absolute Gasteiger partial charge is 0.471 e. The lowest BCUT2D eigenvalue weighted by molar-refractivity contribution is -0.182. The third-order valence-corrected chi connectivity index (χ3v) is 7.55. The SMILES string of the molecule is CC(O)C(=O)NCc1ccc(Cl)c(Nc2nc3nc(OCC(F)F)c(C(=O)NC4CCC(C(F)(F)F)CC4)cc3[nH]2)c1Cl. The van der Waals surface area contributed by atoms with Crippen LogP contribution in [0.2, 0.25) is 10.0 Å². The number of aromatic nitrogens is 3. The van der Waals surface area contributed by atoms with Crippen molar-refractivity contribution in [3.63, 3.8) is 0 Å². The van der Waals surface area contributed by atoms with E-state index in [1.165, 1.54) is 19.1 Å². The fourth-order valence-corrected chi connectivity index (χ4v) is 5.06. The number of halogens is 7. The van der Waals surface area contributed by atoms with Crippen LogP contribution in [-0.4, -0.2) is 63.2 Å². The lowest BCUT2D eigenvalue weighted by Gasteiger charge is -2.30. The van der Waals surface area contributed by atoms with Gasteiger partial charge in [0.15, 0.2) is 12.3 Å². The molecule has 1 aliphatic carbocycles. The summed E-state index contributed by atoms with van der Waals surface area (Å²) in [7, 11) is 0. The molecule has 0 saturated heterocycles. The number of amides is 2. The lowest BCUT2D eigenvalue weighted by atomic mass is 9.85. The molecule has 1 unspecified atom stereocenters. The third-order valence-electron chi connectivity index (χ3n) is 6.80. The Balaban J connectivity index is 1.57. The molecule has 2 amide bonds. The van der Waals surface area contributed by atoms with Gasteiger partial charge < -0.3 is 30.8 Å². The quantitative estimate of drug-likeness (QED) is 0.182. The Morgan fingerprint density at radius 3 is 2.49 bits per heavy atom. The van der Waals surface area contributed by atoms with Gasteiger partial charge >= 0.3 is 6.18 Å². The molecule has 1 atom stereocenters. The molecule has 0 radical (unpaired) electrons. The number of H-pyrrole nitrogens is 1. The number of pyridine rings is 1. The van der Waals surface area contributed by atoms with Crippen LogP contribution in [0.5, 0.6) is 5.88 Å². The highest BCUT2D eigenvalue weighted by molar-refractivity contribution is 6.39. The molecule has 4 rings (SSSR count). The van der Waals surface area contributed by atoms with Gasteiger partial charge in [0.1, 0.15) is 11.7 Å². The number of aromatic amines is 1. The highest BCUT2D eigenvalue weighted by atomic mass is 35.5. The van der Waals surface area contributed by atoms with Crippen molar-refractivity contribution >= 4 is 57.8 Å². The highest BCUT2D eigenvalue weighted by Gasteiger charge is 2.41. The highest BCUT2D eigenvalue weighted by Crippen LogP contribution is 2.38. The summed E-state index contributed by atoms with van der Waals surface area (Å²) in [6.45, 7) is 0.231. The van der Waals surface area contributed by atoms with E-state index in [0.717, 1.165) is 0 Å². The maximum absolute atomic E-state index is 13.1. The van der Waals surface area contributed by atoms with E-state index in [2.05, 4.69) is 30.9 Å². The van der Waals surface area contributed by atoms with Crippen molar-refractivity contribution in [3.05, 3.63) is 39.4 Å². The van der Waals surface area contributed by atoms with E-state index in [0.29, 0.717) is 5.56 Å². The fourth-order valence-electron chi connectivity index (χ4n) is 4.52. The molecule has 1 fully saturated rings. The van der Waals surface area contributed by atoms with Crippen molar-refractivity contribution in [3.8, 4) is 5.88 Å². The Hall–Kier alpha value is -3.43. The van der Waals surface area contributed by atoms with Crippen LogP contribution in [0.25, 0.3) is 11.2 Å². The maximum atomic E-state index is 13.1. The van der Waals surface area contributed by atoms with E-state index < -0.39 is 55.0 Å². The third kappa shape index (κ3) is 8.15. The van der Waals surface area contributed by atoms with Crippen LogP contribution in [0.3, 0.4) is 0 Å². The predicted octanol–water partition coefficient (Wildman–Crippen LogP) is 5.50. The minimum atomic E-state index is -4.31. The first kappa shape index (κ1) is 32.5. The van der Waals surface area contributed by atoms with Crippen molar-refractivity contribution in [2.45, 2.75) is 63.9 Å². The fraction of sp³-hybridized carbons (Fsp3) is 0.462. The summed E-state index contributed by atoms with van der Waals surface area (Å²) < 4.78 is 70.0. The normalized spacial score (nSPS) is 18.0. The molecule has 3 aromatic rings. The second-order valence-electron chi connectivity index (χ2n) is 9.98. The minimum Gasteiger partial charge on any atom is -0.471 e. The van der Waals surface area contributed by atoms with Crippen LogP contribution in [0.4, 0.5) is 33.6 Å². The van der Waals surface area contributed by atoms with Gasteiger partial charge in [0.25, 0.3) is 12.3 Å². The van der Waals surface area contributed by atoms with Gasteiger partial charge in [0.05, 0.1) is 27.2 Å². The number of hydrogen-bond donors (Lipinski definition) is 5. The summed E-state index contributed by atoms with van der Waals surface area (Å²) in [6.07, 6.45) is -8.50. The minimum absolute atomic E-state index is 0.0124. The van der Waals surface area contributed by atoms with Gasteiger partial charge in [-0.05, 0) is 50.3 Å². The molecule has 0 bridgehead atoms. The van der Waals surface area contributed by atoms with Crippen LogP contribution < -0.4 is 20.7 Å². The number of fused-ring (bicyclic) bond motifs is 1. The number of aliphatic hydroxyl groups excluding tert-OH is 1. The molecule has 2 heterocycles. The lowest BCUT2D eigenvalue weighted by Crippen LogP contribution is -2.40. The number of hydrogen-bond acceptors (Lipinski definition) is 7. The number of ether oxygens (including phenoxy) is 1. The molecule has 0 aliphatic heterocycles. The van der Waals surface area contributed by atoms with Crippen LogP contribution in [0.1, 0.15) is 48.5 Å². The molecule has 5 N–H and O–H groups in total. The number of rotatable bonds is 10. The zero-order chi connectivity index (χ0) is 31.5. The van der Waals surface area contributed by atoms with Gasteiger partial charge in [0.2, 0.25) is 17.7 Å². The topological polar surface area (TPSA) is 141 Å². The number of aliphatic hydroxyl groups is 1. The molecular formula is C26H27Cl2F5N6O4. The Labute approximate surface area is 251 Å². The monoisotopic (exact) mass is 652 g/mol. The number of alkyl halides is 5. The number of carbonyl (C=O) groups excluding carboxylic acids is 2. The molecule has 1 saturated carbocycles. The van der Waals surface area contributed by atoms with Crippen LogP contribution >= 0.6 is 23.2 Å². The molecular weight excluding hydrogens is 626 g/mol. The zero-order valence-electron chi connectivity index (χ0n) is 22.5. The van der Waals surface area contributed by atoms with E-state index in [1.54, 1.807) is 6.07 Å². The molecule has 17 heteroatoms. The standard InChI is InChI=1S/C26H27Cl2F5N6O4/c1-11(40)22(41)34-9-12-2-7-16(27)20(19(12)28)37-25-36-17-8-15(24(38-21(17)39-25)43-10-18(29)30)23(42)35-14-5-3-13(4-6-14)26(31,32)33/h2,7-8,11,13-14,18,40H,3-6,9-10H2,1H3,(H,34,41)(H,35,42)(H2,36,37,38,39). The average molecular weight is 653 g/mol. The van der Waals surface area contributed by atoms with Gasteiger partial charge in [-0.1, -0.05) is 29.3 Å². The van der Waals surface area contributed by atoms with Gasteiger partial charge in [-0.25, -0.2) is 8.78 Å². The summed E-state index contributed by atoms with van der Waals surface area (Å²) in [5, 5.41) is 17.8. The Kier molecular flexibility index (Phi) is 10.2. The van der Waals surface area contributed by atoms with Crippen LogP contribution in [0.15, 0.2) is 18.2 Å². The first-order chi connectivity index (χ1) is 20.2. The number of nitrogens with one attached hydrogen (secondary N) is 4. The van der Waals surface area contributed by atoms with E-state index in [4.69, 9.17) is 27.9 Å². The smallest absolute Gasteiger partial charge is 0.391 e. The summed E-state index contributed by atoms with van der Waals surface area (Å²) in [5.74, 6) is -3.18. The van der Waals surface area contributed by atoms with Gasteiger partial charge in [-0.15, -0.1) is 0 Å². The average Bonchev–Trinajstić information content (AvgIpc) is 3.34. The predicted molar refractivity (Wildman–Crippen MR) is 148 cm³/mol. The molecule has 0 spiro atoms. The van der Waals surface area contributed by atoms with Crippen LogP contribution in [-0.2, 0) is 11.3 Å². The number of imidazole rings is 1. The Morgan fingerprint density at radius 2 is 1.86 bits per heavy atom. The zero-order valence-corrected chi connectivity index (χ0v) is 24.0. The molecule has 43 heavy (non-hydrogen) atoms. The van der Waals surface area contributed by atoms with Crippen LogP contribution in [0, 0.1) is 5.92 Å². The number of anilines is 2. The number of benzene rings is 1. The van der Waals surface area contributed by atoms with Crippen molar-refractivity contribution in [1.29, 1.82) is 0 Å². The van der Waals surface area contributed by atoms with Gasteiger partial charge in [-0.2, -0.15) is 23.1 Å². The van der Waals surface area contributed by atoms with E-state index in [1.807, 2.05) is 0 Å². The van der Waals surface area contributed by atoms with E-state index in [-0.39, 0.29) is 70.6 Å². The summed E-state index contributed by atoms with van der Waals surface area (Å²) in [6, 6.07) is 3.82. The van der Waals surface area contributed by atoms with Gasteiger partial charge in [0, 0.05) is 12.6 Å². The Morgan fingerprint density at radius 1 is 1.16 bits per heavy atom. The summed E-state index contributed by atoms with van der Waals surface area (Å²) >= 11 is 12.8. The second-order valence-corrected chi connectivity index (χ2v) is 10.8. The maximum Gasteiger partial charge on any atom is 0.391 e. The molecule has 234 valence electrons. The Bertz CT molecular complexity index is 1480. The first-order valence-corrected chi connectivity index (χ1v) is 13.9. The van der Waals surface area contributed by atoms with E-state index >= 15 is 0 Å². The molecule has 10 nitrogen and oxygen atoms in total. The van der Waals surface area contributed by atoms with Crippen molar-refractivity contribution in [2.75, 3.05) is 11.9 Å². The van der Waals surface area contributed by atoms with Crippen molar-refractivity contribution < 1.29 is 41.4 Å². The summed E-state index contributed by atoms with van der Waals surface area (Å²) in [5.41, 5.74) is 0.635. The number of nitrogens with zero attached hydrogens (tertiary/aromatic N) is 2. The summed E-state index contributed by atoms with van der Waals surface area (Å²) in [4.78, 5) is 36.1. The second kappa shape index (κ2) is 13.5. The van der Waals surface area contributed by atoms with Crippen molar-refractivity contribution in [1.82, 2.24) is 25.6 Å². The molecule has 1 aliphatic rings. The first-order valence-electron chi connectivity index (χ1n) is 13.1. The number of carbonyl (C=O) groups is 2. The van der Waals surface area contributed by atoms with Crippen molar-refractivity contribution in [2.24, 2.45) is 5.92 Å². The van der Waals surface area contributed by atoms with Gasteiger partial charge in [-0.3, -0.25) is 9.59 Å². The van der Waals surface area contributed by atoms with E-state index in [9.17, 15) is 36.6 Å². The molecule has 1 aromatic carbocycles.